The first-order valence-corrected chi connectivity index (χ1v) is 7.15. The molecule has 1 aromatic rings. The molecule has 0 spiro atoms. The van der Waals surface area contributed by atoms with E-state index in [0.717, 1.165) is 12.0 Å². The highest BCUT2D eigenvalue weighted by Crippen LogP contribution is 2.09. The molecule has 0 heterocycles. The van der Waals surface area contributed by atoms with Crippen LogP contribution in [0.2, 0.25) is 0 Å². The van der Waals surface area contributed by atoms with E-state index in [4.69, 9.17) is 4.74 Å². The predicted molar refractivity (Wildman–Crippen MR) is 81.8 cm³/mol. The zero-order chi connectivity index (χ0) is 15.8. The van der Waals surface area contributed by atoms with E-state index in [1.54, 1.807) is 0 Å². The molecule has 1 rings (SSSR count). The third-order valence-electron chi connectivity index (χ3n) is 3.53. The van der Waals surface area contributed by atoms with Crippen LogP contribution in [0.4, 0.5) is 4.79 Å². The molecule has 2 atom stereocenters. The first kappa shape index (κ1) is 17.0. The second-order valence-corrected chi connectivity index (χ2v) is 5.20. The Balaban J connectivity index is 2.53. The van der Waals surface area contributed by atoms with E-state index in [1.807, 2.05) is 45.0 Å². The number of aryl methyl sites for hydroxylation is 1. The van der Waals surface area contributed by atoms with Crippen LogP contribution in [0, 0.1) is 12.8 Å². The Bertz CT molecular complexity index is 471. The van der Waals surface area contributed by atoms with Crippen LogP contribution in [0.15, 0.2) is 24.3 Å². The molecule has 5 nitrogen and oxygen atoms in total. The SMILES string of the molecule is CCC(C)[C@@H](NC(=O)NCc1ccc(C)cc1)C(=O)OC. The van der Waals surface area contributed by atoms with Crippen LogP contribution in [0.3, 0.4) is 0 Å². The van der Waals surface area contributed by atoms with Gasteiger partial charge in [0.15, 0.2) is 0 Å². The number of amides is 2. The minimum atomic E-state index is -0.627. The summed E-state index contributed by atoms with van der Waals surface area (Å²) in [5.74, 6) is -0.405. The lowest BCUT2D eigenvalue weighted by molar-refractivity contribution is -0.144. The highest BCUT2D eigenvalue weighted by Gasteiger charge is 2.26. The van der Waals surface area contributed by atoms with Crippen molar-refractivity contribution in [2.75, 3.05) is 7.11 Å². The Morgan fingerprint density at radius 1 is 1.24 bits per heavy atom. The van der Waals surface area contributed by atoms with Crippen molar-refractivity contribution in [1.82, 2.24) is 10.6 Å². The van der Waals surface area contributed by atoms with Crippen molar-refractivity contribution < 1.29 is 14.3 Å². The van der Waals surface area contributed by atoms with Crippen LogP contribution in [0.1, 0.15) is 31.4 Å². The standard InChI is InChI=1S/C16H24N2O3/c1-5-12(3)14(15(19)21-4)18-16(20)17-10-13-8-6-11(2)7-9-13/h6-9,12,14H,5,10H2,1-4H3,(H2,17,18,20)/t12?,14-/m1/s1. The van der Waals surface area contributed by atoms with Crippen molar-refractivity contribution in [2.24, 2.45) is 5.92 Å². The number of carbonyl (C=O) groups is 2. The molecular weight excluding hydrogens is 268 g/mol. The lowest BCUT2D eigenvalue weighted by Gasteiger charge is -2.22. The minimum Gasteiger partial charge on any atom is -0.467 e. The number of benzene rings is 1. The Labute approximate surface area is 126 Å². The summed E-state index contributed by atoms with van der Waals surface area (Å²) in [5.41, 5.74) is 2.18. The van der Waals surface area contributed by atoms with Crippen LogP contribution in [0.5, 0.6) is 0 Å². The van der Waals surface area contributed by atoms with Gasteiger partial charge in [0.1, 0.15) is 6.04 Å². The highest BCUT2D eigenvalue weighted by molar-refractivity contribution is 5.83. The molecule has 116 valence electrons. The summed E-state index contributed by atoms with van der Waals surface area (Å²) in [6, 6.07) is 6.91. The van der Waals surface area contributed by atoms with Gasteiger partial charge in [0, 0.05) is 6.54 Å². The molecule has 0 saturated carbocycles. The predicted octanol–water partition coefficient (Wildman–Crippen LogP) is 2.38. The summed E-state index contributed by atoms with van der Waals surface area (Å²) >= 11 is 0. The van der Waals surface area contributed by atoms with Gasteiger partial charge in [0.2, 0.25) is 0 Å². The summed E-state index contributed by atoms with van der Waals surface area (Å²) in [6.45, 7) is 6.30. The Morgan fingerprint density at radius 3 is 2.38 bits per heavy atom. The van der Waals surface area contributed by atoms with Crippen LogP contribution in [0.25, 0.3) is 0 Å². The summed E-state index contributed by atoms with van der Waals surface area (Å²) in [5, 5.41) is 5.42. The zero-order valence-corrected chi connectivity index (χ0v) is 13.1. The van der Waals surface area contributed by atoms with Crippen LogP contribution < -0.4 is 10.6 Å². The van der Waals surface area contributed by atoms with Crippen molar-refractivity contribution in [2.45, 2.75) is 39.8 Å². The number of urea groups is 1. The van der Waals surface area contributed by atoms with Crippen molar-refractivity contribution in [3.63, 3.8) is 0 Å². The van der Waals surface area contributed by atoms with E-state index in [9.17, 15) is 9.59 Å². The fourth-order valence-electron chi connectivity index (χ4n) is 1.88. The molecular formula is C16H24N2O3. The van der Waals surface area contributed by atoms with Gasteiger partial charge in [-0.3, -0.25) is 0 Å². The van der Waals surface area contributed by atoms with E-state index in [0.29, 0.717) is 6.54 Å². The van der Waals surface area contributed by atoms with Crippen LogP contribution in [-0.4, -0.2) is 25.2 Å². The molecule has 2 amide bonds. The van der Waals surface area contributed by atoms with Crippen molar-refractivity contribution in [3.05, 3.63) is 35.4 Å². The first-order valence-electron chi connectivity index (χ1n) is 7.15. The average Bonchev–Trinajstić information content (AvgIpc) is 2.50. The third-order valence-corrected chi connectivity index (χ3v) is 3.53. The van der Waals surface area contributed by atoms with Gasteiger partial charge in [-0.25, -0.2) is 9.59 Å². The zero-order valence-electron chi connectivity index (χ0n) is 13.1. The molecule has 1 unspecified atom stereocenters. The maximum Gasteiger partial charge on any atom is 0.328 e. The lowest BCUT2D eigenvalue weighted by atomic mass is 9.99. The maximum absolute atomic E-state index is 11.9. The molecule has 0 aliphatic carbocycles. The van der Waals surface area contributed by atoms with Crippen LogP contribution >= 0.6 is 0 Å². The first-order chi connectivity index (χ1) is 9.97. The van der Waals surface area contributed by atoms with Gasteiger partial charge >= 0.3 is 12.0 Å². The topological polar surface area (TPSA) is 67.4 Å². The van der Waals surface area contributed by atoms with Gasteiger partial charge in [0.05, 0.1) is 7.11 Å². The smallest absolute Gasteiger partial charge is 0.328 e. The number of rotatable bonds is 6. The Morgan fingerprint density at radius 2 is 1.86 bits per heavy atom. The van der Waals surface area contributed by atoms with Gasteiger partial charge in [-0.15, -0.1) is 0 Å². The fraction of sp³-hybridized carbons (Fsp3) is 0.500. The number of ether oxygens (including phenoxy) is 1. The largest absolute Gasteiger partial charge is 0.467 e. The van der Waals surface area contributed by atoms with Crippen molar-refractivity contribution in [3.8, 4) is 0 Å². The van der Waals surface area contributed by atoms with E-state index < -0.39 is 12.0 Å². The van der Waals surface area contributed by atoms with E-state index >= 15 is 0 Å². The van der Waals surface area contributed by atoms with Crippen molar-refractivity contribution >= 4 is 12.0 Å². The summed E-state index contributed by atoms with van der Waals surface area (Å²) < 4.78 is 4.73. The third kappa shape index (κ3) is 5.45. The Kier molecular flexibility index (Phi) is 6.72. The fourth-order valence-corrected chi connectivity index (χ4v) is 1.88. The normalized spacial score (nSPS) is 13.1. The van der Waals surface area contributed by atoms with E-state index in [1.165, 1.54) is 12.7 Å². The van der Waals surface area contributed by atoms with Gasteiger partial charge in [0.25, 0.3) is 0 Å². The summed E-state index contributed by atoms with van der Waals surface area (Å²) in [4.78, 5) is 23.6. The molecule has 2 N–H and O–H groups in total. The summed E-state index contributed by atoms with van der Waals surface area (Å²) in [7, 11) is 1.32. The number of esters is 1. The van der Waals surface area contributed by atoms with Gasteiger partial charge in [-0.05, 0) is 18.4 Å². The lowest BCUT2D eigenvalue weighted by Crippen LogP contribution is -2.49. The molecule has 0 radical (unpaired) electrons. The minimum absolute atomic E-state index is 0.0163. The van der Waals surface area contributed by atoms with Gasteiger partial charge < -0.3 is 15.4 Å². The molecule has 0 aromatic heterocycles. The second kappa shape index (κ2) is 8.29. The molecule has 0 aliphatic heterocycles. The number of carbonyl (C=O) groups excluding carboxylic acids is 2. The summed E-state index contributed by atoms with van der Waals surface area (Å²) in [6.07, 6.45) is 0.776. The monoisotopic (exact) mass is 292 g/mol. The van der Waals surface area contributed by atoms with Gasteiger partial charge in [-0.2, -0.15) is 0 Å². The van der Waals surface area contributed by atoms with E-state index in [2.05, 4.69) is 10.6 Å². The molecule has 0 aliphatic rings. The van der Waals surface area contributed by atoms with Gasteiger partial charge in [-0.1, -0.05) is 50.1 Å². The molecule has 5 heteroatoms. The number of nitrogens with one attached hydrogen (secondary N) is 2. The number of methoxy groups -OCH3 is 1. The Hall–Kier alpha value is -2.04. The molecule has 0 fully saturated rings. The molecule has 1 aromatic carbocycles. The number of hydrogen-bond donors (Lipinski definition) is 2. The molecule has 21 heavy (non-hydrogen) atoms. The van der Waals surface area contributed by atoms with Crippen molar-refractivity contribution in [1.29, 1.82) is 0 Å². The van der Waals surface area contributed by atoms with E-state index in [-0.39, 0.29) is 11.9 Å². The highest BCUT2D eigenvalue weighted by atomic mass is 16.5. The number of hydrogen-bond acceptors (Lipinski definition) is 3. The molecule has 0 saturated heterocycles. The average molecular weight is 292 g/mol. The second-order valence-electron chi connectivity index (χ2n) is 5.20. The van der Waals surface area contributed by atoms with Crippen LogP contribution in [-0.2, 0) is 16.1 Å². The molecule has 0 bridgehead atoms. The quantitative estimate of drug-likeness (QED) is 0.791. The maximum atomic E-state index is 11.9.